The zero-order chi connectivity index (χ0) is 37.5. The molecular weight excluding hydrogens is 664 g/mol. The van der Waals surface area contributed by atoms with Crippen molar-refractivity contribution in [3.8, 4) is 0 Å². The third kappa shape index (κ3) is 8.67. The number of esters is 1. The van der Waals surface area contributed by atoms with Gasteiger partial charge in [0.1, 0.15) is 5.60 Å². The Labute approximate surface area is 306 Å². The van der Waals surface area contributed by atoms with Crippen molar-refractivity contribution < 1.29 is 43.7 Å². The van der Waals surface area contributed by atoms with E-state index in [0.717, 1.165) is 37.7 Å². The van der Waals surface area contributed by atoms with Crippen molar-refractivity contribution in [3.05, 3.63) is 47.5 Å². The average molecular weight is 721 g/mol. The number of unbranched alkanes of at least 4 members (excludes halogenated alkanes) is 2. The molecule has 0 radical (unpaired) electrons. The second kappa shape index (κ2) is 16.9. The number of Topliss-reactive ketones (excluding diaryl/α,β-unsaturated/α-hetero) is 1. The minimum absolute atomic E-state index is 0.00315. The monoisotopic (exact) mass is 720 g/mol. The highest BCUT2D eigenvalue weighted by Gasteiger charge is 2.66. The van der Waals surface area contributed by atoms with Gasteiger partial charge in [-0.3, -0.25) is 28.8 Å². The number of hydrogen-bond donors (Lipinski definition) is 4. The van der Waals surface area contributed by atoms with Gasteiger partial charge in [-0.2, -0.15) is 0 Å². The van der Waals surface area contributed by atoms with Gasteiger partial charge in [0.25, 0.3) is 0 Å². The highest BCUT2D eigenvalue weighted by Crippen LogP contribution is 2.67. The van der Waals surface area contributed by atoms with Crippen LogP contribution in [0.2, 0.25) is 0 Å². The first-order valence-electron chi connectivity index (χ1n) is 19.2. The van der Waals surface area contributed by atoms with Crippen LogP contribution in [0.15, 0.2) is 42.0 Å². The topological polar surface area (TPSA) is 176 Å². The van der Waals surface area contributed by atoms with Crippen molar-refractivity contribution in [3.63, 3.8) is 0 Å². The van der Waals surface area contributed by atoms with E-state index in [2.05, 4.69) is 17.6 Å². The molecule has 3 fully saturated rings. The number of hydrogen-bond acceptors (Lipinski definition) is 8. The van der Waals surface area contributed by atoms with Crippen LogP contribution in [0.3, 0.4) is 0 Å². The van der Waals surface area contributed by atoms with E-state index < -0.39 is 35.3 Å². The summed E-state index contributed by atoms with van der Waals surface area (Å²) in [5, 5.41) is 26.7. The van der Waals surface area contributed by atoms with Gasteiger partial charge >= 0.3 is 11.9 Å². The summed E-state index contributed by atoms with van der Waals surface area (Å²) in [7, 11) is 0. The molecule has 0 bridgehead atoms. The molecule has 4 aliphatic rings. The fraction of sp³-hybridized carbons (Fsp3) is 0.659. The molecule has 0 spiro atoms. The van der Waals surface area contributed by atoms with Crippen molar-refractivity contribution in [2.75, 3.05) is 19.7 Å². The minimum Gasteiger partial charge on any atom is -0.481 e. The second-order valence-electron chi connectivity index (χ2n) is 16.1. The Morgan fingerprint density at radius 2 is 1.60 bits per heavy atom. The van der Waals surface area contributed by atoms with E-state index in [9.17, 15) is 39.0 Å². The Kier molecular flexibility index (Phi) is 12.8. The maximum atomic E-state index is 13.5. The maximum Gasteiger partial charge on any atom is 0.306 e. The fourth-order valence-electron chi connectivity index (χ4n) is 10.1. The number of allylic oxidation sites excluding steroid dienone is 1. The largest absolute Gasteiger partial charge is 0.481 e. The first-order chi connectivity index (χ1) is 24.8. The normalized spacial score (nSPS) is 29.8. The molecule has 2 amide bonds. The number of ketones is 2. The molecular formula is C41H56N2O9. The van der Waals surface area contributed by atoms with Crippen LogP contribution in [-0.4, -0.2) is 70.8 Å². The number of carboxylic acid groups (broad SMARTS) is 1. The molecule has 4 aliphatic carbocycles. The summed E-state index contributed by atoms with van der Waals surface area (Å²) in [6.45, 7) is 4.46. The second-order valence-corrected chi connectivity index (χ2v) is 16.1. The maximum absolute atomic E-state index is 13.5. The lowest BCUT2D eigenvalue weighted by Crippen LogP contribution is -2.58. The van der Waals surface area contributed by atoms with E-state index in [1.165, 1.54) is 5.57 Å². The fourth-order valence-corrected chi connectivity index (χ4v) is 10.1. The van der Waals surface area contributed by atoms with Gasteiger partial charge in [0.05, 0.1) is 12.8 Å². The number of nitrogens with one attached hydrogen (secondary N) is 2. The molecule has 3 saturated carbocycles. The first kappa shape index (κ1) is 39.3. The predicted octanol–water partition coefficient (Wildman–Crippen LogP) is 5.19. The number of ether oxygens (including phenoxy) is 1. The molecule has 11 nitrogen and oxygen atoms in total. The van der Waals surface area contributed by atoms with Gasteiger partial charge < -0.3 is 25.6 Å². The van der Waals surface area contributed by atoms with Crippen LogP contribution < -0.4 is 10.6 Å². The Morgan fingerprint density at radius 3 is 2.35 bits per heavy atom. The number of carboxylic acids is 1. The van der Waals surface area contributed by atoms with E-state index in [4.69, 9.17) is 4.74 Å². The smallest absolute Gasteiger partial charge is 0.306 e. The Hall–Kier alpha value is -3.86. The van der Waals surface area contributed by atoms with Gasteiger partial charge in [0.15, 0.2) is 12.4 Å². The molecule has 7 atom stereocenters. The number of aliphatic carboxylic acids is 1. The van der Waals surface area contributed by atoms with Crippen molar-refractivity contribution in [1.82, 2.24) is 10.6 Å². The molecule has 284 valence electrons. The van der Waals surface area contributed by atoms with Crippen LogP contribution in [0.25, 0.3) is 0 Å². The van der Waals surface area contributed by atoms with E-state index in [1.54, 1.807) is 0 Å². The third-order valence-electron chi connectivity index (χ3n) is 13.1. The standard InChI is InChI=1S/C41H56N2O9/c1-39-19-16-30(44)24-29(39)12-13-31-32(39)17-20-40(2)33(31)18-21-41(40,51)34(45)26-52-38(50)15-14-36(47)42-22-8-4-7-11-35(46)43-25-28(23-37(48)49)27-9-5-3-6-10-27/h3,5-6,9-10,24,28,31-33,51H,4,7-8,11-23,25-26H2,1-2H3,(H,42,47)(H,43,46)(H,48,49)/t28?,31-,32?,33?,39+,40+,41+/m0/s1. The zero-order valence-corrected chi connectivity index (χ0v) is 30.8. The van der Waals surface area contributed by atoms with Crippen molar-refractivity contribution in [2.24, 2.45) is 28.6 Å². The summed E-state index contributed by atoms with van der Waals surface area (Å²) < 4.78 is 5.28. The molecule has 1 aromatic rings. The number of carbonyl (C=O) groups excluding carboxylic acids is 5. The van der Waals surface area contributed by atoms with E-state index in [1.807, 2.05) is 43.3 Å². The third-order valence-corrected chi connectivity index (χ3v) is 13.1. The predicted molar refractivity (Wildman–Crippen MR) is 193 cm³/mol. The lowest BCUT2D eigenvalue weighted by molar-refractivity contribution is -0.170. The molecule has 5 rings (SSSR count). The summed E-state index contributed by atoms with van der Waals surface area (Å²) in [5.41, 5.74) is -0.0198. The van der Waals surface area contributed by atoms with Gasteiger partial charge in [0, 0.05) is 43.7 Å². The molecule has 0 saturated heterocycles. The quantitative estimate of drug-likeness (QED) is 0.125. The van der Waals surface area contributed by atoms with Crippen molar-refractivity contribution in [2.45, 2.75) is 122 Å². The van der Waals surface area contributed by atoms with Gasteiger partial charge in [0.2, 0.25) is 17.6 Å². The molecule has 1 aromatic carbocycles. The number of rotatable bonds is 17. The number of benzene rings is 1. The number of carbonyl (C=O) groups is 6. The van der Waals surface area contributed by atoms with Crippen LogP contribution in [0.5, 0.6) is 0 Å². The summed E-state index contributed by atoms with van der Waals surface area (Å²) >= 11 is 0. The summed E-state index contributed by atoms with van der Waals surface area (Å²) in [4.78, 5) is 74.0. The molecule has 3 unspecified atom stereocenters. The van der Waals surface area contributed by atoms with Crippen LogP contribution in [0, 0.1) is 28.6 Å². The lowest BCUT2D eigenvalue weighted by Gasteiger charge is -2.58. The van der Waals surface area contributed by atoms with Gasteiger partial charge in [-0.1, -0.05) is 56.2 Å². The molecule has 52 heavy (non-hydrogen) atoms. The van der Waals surface area contributed by atoms with Gasteiger partial charge in [-0.25, -0.2) is 0 Å². The minimum atomic E-state index is -1.56. The van der Waals surface area contributed by atoms with Crippen LogP contribution >= 0.6 is 0 Å². The first-order valence-corrected chi connectivity index (χ1v) is 19.2. The zero-order valence-electron chi connectivity index (χ0n) is 30.8. The summed E-state index contributed by atoms with van der Waals surface area (Å²) in [6, 6.07) is 9.24. The van der Waals surface area contributed by atoms with Crippen molar-refractivity contribution in [1.29, 1.82) is 0 Å². The molecule has 0 aromatic heterocycles. The molecule has 4 N–H and O–H groups in total. The van der Waals surface area contributed by atoms with Gasteiger partial charge in [-0.05, 0) is 92.6 Å². The highest BCUT2D eigenvalue weighted by molar-refractivity contribution is 5.92. The average Bonchev–Trinajstić information content (AvgIpc) is 3.41. The van der Waals surface area contributed by atoms with E-state index >= 15 is 0 Å². The number of fused-ring (bicyclic) bond motifs is 5. The van der Waals surface area contributed by atoms with Crippen molar-refractivity contribution >= 4 is 35.3 Å². The van der Waals surface area contributed by atoms with Crippen LogP contribution in [0.4, 0.5) is 0 Å². The molecule has 0 aliphatic heterocycles. The number of aliphatic hydroxyl groups is 1. The Balaban J connectivity index is 0.959. The van der Waals surface area contributed by atoms with Crippen LogP contribution in [0.1, 0.15) is 122 Å². The van der Waals surface area contributed by atoms with Crippen LogP contribution in [-0.2, 0) is 33.5 Å². The Bertz CT molecular complexity index is 1540. The SMILES string of the molecule is C[C@@]12CCC(=O)C=C1CC[C@H]1C2CC[C@]2(C)C1CC[C@@]2(O)C(=O)COC(=O)CCC(=O)NCCCCCC(=O)NCC(CC(=O)O)c1ccccc1. The van der Waals surface area contributed by atoms with Gasteiger partial charge in [-0.15, -0.1) is 0 Å². The molecule has 11 heteroatoms. The molecule has 0 heterocycles. The highest BCUT2D eigenvalue weighted by atomic mass is 16.5. The van der Waals surface area contributed by atoms with E-state index in [-0.39, 0.29) is 60.7 Å². The lowest BCUT2D eigenvalue weighted by atomic mass is 9.46. The summed E-state index contributed by atoms with van der Waals surface area (Å²) in [6.07, 6.45) is 9.83. The van der Waals surface area contributed by atoms with E-state index in [0.29, 0.717) is 63.3 Å². The Morgan fingerprint density at radius 1 is 0.865 bits per heavy atom. The number of amides is 2. The summed E-state index contributed by atoms with van der Waals surface area (Å²) in [5.74, 6) is -1.60.